The van der Waals surface area contributed by atoms with E-state index in [1.165, 1.54) is 7.11 Å². The first-order valence-corrected chi connectivity index (χ1v) is 9.75. The zero-order chi connectivity index (χ0) is 19.5. The number of pyridine rings is 1. The number of nitrogens with one attached hydrogen (secondary N) is 1. The third-order valence-corrected chi connectivity index (χ3v) is 5.27. The standard InChI is InChI=1S/C22H18N2O3S/c1-27-12-21(25)24-17-4-2-14-3-7-20-19(22(26)18(14)6-5-17)10-16(11-23-20)15-8-9-28-13-15/h2-5,7-11,13H,6,12H2,1H3,(H,24,25). The SMILES string of the molecule is COCC(=O)NC1=CCc2c(ccc3ncc(-c4ccsc4)cc3c2=O)C=C1. The maximum Gasteiger partial charge on any atom is 0.250 e. The topological polar surface area (TPSA) is 68.3 Å². The van der Waals surface area contributed by atoms with Crippen LogP contribution in [0.5, 0.6) is 0 Å². The predicted molar refractivity (Wildman–Crippen MR) is 112 cm³/mol. The van der Waals surface area contributed by atoms with E-state index in [-0.39, 0.29) is 17.9 Å². The monoisotopic (exact) mass is 390 g/mol. The fourth-order valence-corrected chi connectivity index (χ4v) is 3.85. The molecule has 1 amide bonds. The number of rotatable bonds is 4. The van der Waals surface area contributed by atoms with Gasteiger partial charge in [-0.3, -0.25) is 14.6 Å². The second-order valence-corrected chi connectivity index (χ2v) is 7.22. The molecular formula is C22H18N2O3S. The highest BCUT2D eigenvalue weighted by Crippen LogP contribution is 2.24. The van der Waals surface area contributed by atoms with Crippen molar-refractivity contribution in [3.05, 3.63) is 80.4 Å². The van der Waals surface area contributed by atoms with Gasteiger partial charge in [0.25, 0.3) is 0 Å². The normalized spacial score (nSPS) is 13.0. The minimum Gasteiger partial charge on any atom is -0.375 e. The number of hydrogen-bond acceptors (Lipinski definition) is 5. The second-order valence-electron chi connectivity index (χ2n) is 6.44. The lowest BCUT2D eigenvalue weighted by Gasteiger charge is -2.04. The Morgan fingerprint density at radius 3 is 2.93 bits per heavy atom. The lowest BCUT2D eigenvalue weighted by Crippen LogP contribution is -2.25. The summed E-state index contributed by atoms with van der Waals surface area (Å²) in [5.74, 6) is -0.229. The maximum atomic E-state index is 13.3. The van der Waals surface area contributed by atoms with Crippen LogP contribution in [-0.2, 0) is 16.0 Å². The van der Waals surface area contributed by atoms with E-state index in [0.29, 0.717) is 28.6 Å². The number of amides is 1. The smallest absolute Gasteiger partial charge is 0.250 e. The average Bonchev–Trinajstić information content (AvgIpc) is 3.11. The van der Waals surface area contributed by atoms with Gasteiger partial charge in [-0.2, -0.15) is 11.3 Å². The number of nitrogens with zero attached hydrogens (tertiary/aromatic N) is 1. The number of carbonyl (C=O) groups is 1. The number of fused-ring (bicyclic) bond motifs is 2. The van der Waals surface area contributed by atoms with Crippen molar-refractivity contribution >= 4 is 34.2 Å². The highest BCUT2D eigenvalue weighted by Gasteiger charge is 2.12. The van der Waals surface area contributed by atoms with Gasteiger partial charge in [0.1, 0.15) is 6.61 Å². The van der Waals surface area contributed by atoms with E-state index in [4.69, 9.17) is 4.74 Å². The molecule has 0 fully saturated rings. The molecule has 6 heteroatoms. The number of carbonyl (C=O) groups excluding carboxylic acids is 1. The minimum atomic E-state index is -0.229. The molecule has 2 aromatic heterocycles. The van der Waals surface area contributed by atoms with Gasteiger partial charge >= 0.3 is 0 Å². The van der Waals surface area contributed by atoms with Crippen LogP contribution in [0.15, 0.2) is 63.9 Å². The number of hydrogen-bond donors (Lipinski definition) is 1. The Hall–Kier alpha value is -3.09. The van der Waals surface area contributed by atoms with Crippen LogP contribution < -0.4 is 10.7 Å². The first-order valence-electron chi connectivity index (χ1n) is 8.81. The lowest BCUT2D eigenvalue weighted by molar-refractivity contribution is -0.123. The molecule has 0 saturated carbocycles. The molecule has 1 N–H and O–H groups in total. The van der Waals surface area contributed by atoms with Gasteiger partial charge in [0, 0.05) is 35.5 Å². The Morgan fingerprint density at radius 1 is 1.25 bits per heavy atom. The molecule has 1 aromatic carbocycles. The van der Waals surface area contributed by atoms with Gasteiger partial charge in [0.2, 0.25) is 5.91 Å². The third kappa shape index (κ3) is 3.65. The average molecular weight is 390 g/mol. The summed E-state index contributed by atoms with van der Waals surface area (Å²) in [6.07, 6.45) is 7.72. The molecule has 0 unspecified atom stereocenters. The summed E-state index contributed by atoms with van der Waals surface area (Å²) in [5, 5.41) is 7.42. The Bertz CT molecular complexity index is 1160. The second kappa shape index (κ2) is 7.88. The quantitative estimate of drug-likeness (QED) is 0.740. The maximum absolute atomic E-state index is 13.3. The highest BCUT2D eigenvalue weighted by atomic mass is 32.1. The van der Waals surface area contributed by atoms with Crippen molar-refractivity contribution in [3.8, 4) is 11.1 Å². The zero-order valence-electron chi connectivity index (χ0n) is 15.3. The van der Waals surface area contributed by atoms with Gasteiger partial charge in [-0.1, -0.05) is 18.2 Å². The first-order chi connectivity index (χ1) is 13.7. The molecule has 0 saturated heterocycles. The molecule has 140 valence electrons. The van der Waals surface area contributed by atoms with E-state index in [1.54, 1.807) is 23.6 Å². The van der Waals surface area contributed by atoms with Gasteiger partial charge in [-0.25, -0.2) is 0 Å². The minimum absolute atomic E-state index is 0.0123. The molecular weight excluding hydrogens is 372 g/mol. The van der Waals surface area contributed by atoms with Crippen LogP contribution in [0.25, 0.3) is 28.1 Å². The molecule has 4 rings (SSSR count). The van der Waals surface area contributed by atoms with Crippen molar-refractivity contribution in [1.29, 1.82) is 0 Å². The molecule has 5 nitrogen and oxygen atoms in total. The molecule has 2 heterocycles. The van der Waals surface area contributed by atoms with Crippen LogP contribution in [0.1, 0.15) is 11.1 Å². The molecule has 1 aliphatic carbocycles. The van der Waals surface area contributed by atoms with Crippen molar-refractivity contribution in [2.24, 2.45) is 0 Å². The van der Waals surface area contributed by atoms with Crippen LogP contribution >= 0.6 is 11.3 Å². The first kappa shape index (κ1) is 18.3. The van der Waals surface area contributed by atoms with Gasteiger partial charge < -0.3 is 10.1 Å². The number of thiophene rings is 1. The van der Waals surface area contributed by atoms with Gasteiger partial charge in [-0.05, 0) is 52.6 Å². The van der Waals surface area contributed by atoms with E-state index in [1.807, 2.05) is 47.2 Å². The molecule has 0 bridgehead atoms. The van der Waals surface area contributed by atoms with E-state index >= 15 is 0 Å². The molecule has 3 aromatic rings. The summed E-state index contributed by atoms with van der Waals surface area (Å²) < 4.78 is 4.84. The number of allylic oxidation sites excluding steroid dienone is 2. The molecule has 1 aliphatic rings. The fraction of sp³-hybridized carbons (Fsp3) is 0.136. The van der Waals surface area contributed by atoms with Crippen molar-refractivity contribution in [3.63, 3.8) is 0 Å². The van der Waals surface area contributed by atoms with Crippen LogP contribution in [0.3, 0.4) is 0 Å². The summed E-state index contributed by atoms with van der Waals surface area (Å²) in [4.78, 5) is 29.5. The molecule has 0 atom stereocenters. The molecule has 0 spiro atoms. The summed E-state index contributed by atoms with van der Waals surface area (Å²) in [6, 6.07) is 7.70. The van der Waals surface area contributed by atoms with Crippen molar-refractivity contribution in [1.82, 2.24) is 10.3 Å². The van der Waals surface area contributed by atoms with Crippen molar-refractivity contribution in [2.75, 3.05) is 13.7 Å². The summed E-state index contributed by atoms with van der Waals surface area (Å²) in [7, 11) is 1.47. The Kier molecular flexibility index (Phi) is 5.14. The van der Waals surface area contributed by atoms with Crippen LogP contribution in [0.4, 0.5) is 0 Å². The van der Waals surface area contributed by atoms with Gasteiger partial charge in [-0.15, -0.1) is 0 Å². The Balaban J connectivity index is 1.77. The fourth-order valence-electron chi connectivity index (χ4n) is 3.19. The van der Waals surface area contributed by atoms with E-state index in [0.717, 1.165) is 16.7 Å². The zero-order valence-corrected chi connectivity index (χ0v) is 16.1. The van der Waals surface area contributed by atoms with Gasteiger partial charge in [0.05, 0.1) is 5.52 Å². The van der Waals surface area contributed by atoms with Crippen LogP contribution in [0.2, 0.25) is 0 Å². The van der Waals surface area contributed by atoms with Crippen molar-refractivity contribution in [2.45, 2.75) is 6.42 Å². The van der Waals surface area contributed by atoms with E-state index in [2.05, 4.69) is 10.3 Å². The Morgan fingerprint density at radius 2 is 2.14 bits per heavy atom. The largest absolute Gasteiger partial charge is 0.375 e. The molecule has 0 aliphatic heterocycles. The molecule has 0 radical (unpaired) electrons. The summed E-state index contributed by atoms with van der Waals surface area (Å²) in [6.45, 7) is -0.0123. The predicted octanol–water partition coefficient (Wildman–Crippen LogP) is 3.54. The number of ether oxygens (including phenoxy) is 1. The number of methoxy groups -OCH3 is 1. The van der Waals surface area contributed by atoms with E-state index in [9.17, 15) is 9.59 Å². The molecule has 28 heavy (non-hydrogen) atoms. The summed E-state index contributed by atoms with van der Waals surface area (Å²) >= 11 is 1.61. The summed E-state index contributed by atoms with van der Waals surface area (Å²) in [5.41, 5.74) is 4.78. The van der Waals surface area contributed by atoms with Crippen LogP contribution in [-0.4, -0.2) is 24.6 Å². The Labute approximate surface area is 166 Å². The lowest BCUT2D eigenvalue weighted by atomic mass is 10.1. The van der Waals surface area contributed by atoms with Gasteiger partial charge in [0.15, 0.2) is 5.43 Å². The highest BCUT2D eigenvalue weighted by molar-refractivity contribution is 7.08. The van der Waals surface area contributed by atoms with Crippen molar-refractivity contribution < 1.29 is 9.53 Å². The van der Waals surface area contributed by atoms with Crippen LogP contribution in [0, 0.1) is 0 Å². The number of aromatic nitrogens is 1. The van der Waals surface area contributed by atoms with E-state index < -0.39 is 0 Å². The third-order valence-electron chi connectivity index (χ3n) is 4.59.